The summed E-state index contributed by atoms with van der Waals surface area (Å²) < 4.78 is 5.00. The quantitative estimate of drug-likeness (QED) is 0.827. The Hall–Kier alpha value is -2.35. The van der Waals surface area contributed by atoms with E-state index in [0.717, 1.165) is 12.8 Å². The van der Waals surface area contributed by atoms with Gasteiger partial charge in [-0.05, 0) is 25.8 Å². The van der Waals surface area contributed by atoms with Gasteiger partial charge in [0.15, 0.2) is 0 Å². The maximum atomic E-state index is 12.3. The van der Waals surface area contributed by atoms with E-state index in [1.54, 1.807) is 30.3 Å². The summed E-state index contributed by atoms with van der Waals surface area (Å²) >= 11 is 0. The van der Waals surface area contributed by atoms with Gasteiger partial charge in [-0.1, -0.05) is 0 Å². The van der Waals surface area contributed by atoms with Gasteiger partial charge in [-0.15, -0.1) is 0 Å². The number of carbonyl (C=O) groups excluding carboxylic acids is 2. The van der Waals surface area contributed by atoms with E-state index in [0.29, 0.717) is 43.8 Å². The third-order valence-corrected chi connectivity index (χ3v) is 4.65. The second-order valence-corrected chi connectivity index (χ2v) is 6.50. The van der Waals surface area contributed by atoms with Gasteiger partial charge in [0.1, 0.15) is 0 Å². The highest BCUT2D eigenvalue weighted by Crippen LogP contribution is 2.19. The van der Waals surface area contributed by atoms with Crippen LogP contribution in [0.1, 0.15) is 19.8 Å². The first-order valence-corrected chi connectivity index (χ1v) is 8.67. The average molecular weight is 347 g/mol. The molecule has 136 valence electrons. The summed E-state index contributed by atoms with van der Waals surface area (Å²) in [4.78, 5) is 32.4. The molecule has 2 heterocycles. The van der Waals surface area contributed by atoms with Crippen LogP contribution in [0.15, 0.2) is 18.3 Å². The number of amides is 3. The molecular formula is C17H25N5O3. The van der Waals surface area contributed by atoms with E-state index in [1.165, 1.54) is 0 Å². The lowest BCUT2D eigenvalue weighted by Crippen LogP contribution is -2.55. The normalized spacial score (nSPS) is 19.2. The Bertz CT molecular complexity index is 609. The van der Waals surface area contributed by atoms with Crippen molar-refractivity contribution in [3.63, 3.8) is 0 Å². The lowest BCUT2D eigenvalue weighted by molar-refractivity contribution is -0.126. The highest BCUT2D eigenvalue weighted by Gasteiger charge is 2.30. The summed E-state index contributed by atoms with van der Waals surface area (Å²) in [5.74, 6) is 0.592. The van der Waals surface area contributed by atoms with Crippen molar-refractivity contribution in [1.29, 1.82) is 0 Å². The molecule has 2 aliphatic rings. The summed E-state index contributed by atoms with van der Waals surface area (Å²) in [6.07, 6.45) is 3.75. The number of urea groups is 1. The van der Waals surface area contributed by atoms with Crippen molar-refractivity contribution >= 4 is 17.6 Å². The SMILES string of the molecule is COc1ccc(NC(=O)N2CCN([C@H](C)C(=O)NC3CC3)CC2)cn1. The Balaban J connectivity index is 1.45. The standard InChI is InChI=1S/C17H25N5O3/c1-12(16(23)19-13-3-4-13)21-7-9-22(10-8-21)17(24)20-14-5-6-15(25-2)18-11-14/h5-6,11-13H,3-4,7-10H2,1-2H3,(H,19,23)(H,20,24)/t12-/m1/s1. The van der Waals surface area contributed by atoms with Crippen molar-refractivity contribution in [2.45, 2.75) is 31.8 Å². The van der Waals surface area contributed by atoms with E-state index < -0.39 is 0 Å². The topological polar surface area (TPSA) is 86.8 Å². The molecule has 1 aromatic heterocycles. The van der Waals surface area contributed by atoms with Crippen LogP contribution in [0.4, 0.5) is 10.5 Å². The smallest absolute Gasteiger partial charge is 0.321 e. The first-order valence-electron chi connectivity index (χ1n) is 8.67. The highest BCUT2D eigenvalue weighted by molar-refractivity contribution is 5.89. The number of nitrogens with zero attached hydrogens (tertiary/aromatic N) is 3. The van der Waals surface area contributed by atoms with Crippen LogP contribution in [0.2, 0.25) is 0 Å². The third-order valence-electron chi connectivity index (χ3n) is 4.65. The van der Waals surface area contributed by atoms with E-state index in [1.807, 2.05) is 6.92 Å². The number of rotatable bonds is 5. The monoisotopic (exact) mass is 347 g/mol. The molecule has 3 rings (SSSR count). The summed E-state index contributed by atoms with van der Waals surface area (Å²) in [6, 6.07) is 3.52. The van der Waals surface area contributed by atoms with Crippen LogP contribution in [0.25, 0.3) is 0 Å². The fraction of sp³-hybridized carbons (Fsp3) is 0.588. The lowest BCUT2D eigenvalue weighted by atomic mass is 10.2. The van der Waals surface area contributed by atoms with E-state index in [9.17, 15) is 9.59 Å². The van der Waals surface area contributed by atoms with Crippen LogP contribution in [0.3, 0.4) is 0 Å². The van der Waals surface area contributed by atoms with Crippen molar-refractivity contribution in [3.05, 3.63) is 18.3 Å². The van der Waals surface area contributed by atoms with Crippen LogP contribution in [0.5, 0.6) is 5.88 Å². The van der Waals surface area contributed by atoms with E-state index in [2.05, 4.69) is 20.5 Å². The van der Waals surface area contributed by atoms with Gasteiger partial charge in [-0.3, -0.25) is 9.69 Å². The largest absolute Gasteiger partial charge is 0.481 e. The van der Waals surface area contributed by atoms with Crippen molar-refractivity contribution < 1.29 is 14.3 Å². The molecule has 0 unspecified atom stereocenters. The Labute approximate surface area is 147 Å². The Morgan fingerprint density at radius 2 is 1.96 bits per heavy atom. The molecule has 2 fully saturated rings. The molecule has 1 aliphatic heterocycles. The van der Waals surface area contributed by atoms with Gasteiger partial charge in [0.2, 0.25) is 11.8 Å². The molecule has 0 bridgehead atoms. The van der Waals surface area contributed by atoms with Gasteiger partial charge in [0.25, 0.3) is 0 Å². The van der Waals surface area contributed by atoms with Crippen molar-refractivity contribution in [2.75, 3.05) is 38.6 Å². The van der Waals surface area contributed by atoms with Crippen molar-refractivity contribution in [1.82, 2.24) is 20.1 Å². The fourth-order valence-electron chi connectivity index (χ4n) is 2.81. The average Bonchev–Trinajstić information content (AvgIpc) is 3.45. The third kappa shape index (κ3) is 4.60. The molecule has 0 spiro atoms. The maximum absolute atomic E-state index is 12.3. The zero-order chi connectivity index (χ0) is 17.8. The minimum absolute atomic E-state index is 0.0877. The molecule has 25 heavy (non-hydrogen) atoms. The van der Waals surface area contributed by atoms with Crippen molar-refractivity contribution in [3.8, 4) is 5.88 Å². The summed E-state index contributed by atoms with van der Waals surface area (Å²) in [5.41, 5.74) is 0.630. The zero-order valence-electron chi connectivity index (χ0n) is 14.7. The Morgan fingerprint density at radius 1 is 1.24 bits per heavy atom. The highest BCUT2D eigenvalue weighted by atomic mass is 16.5. The Morgan fingerprint density at radius 3 is 2.52 bits per heavy atom. The number of nitrogens with one attached hydrogen (secondary N) is 2. The predicted molar refractivity (Wildman–Crippen MR) is 93.6 cm³/mol. The number of piperazine rings is 1. The molecule has 1 aromatic rings. The van der Waals surface area contributed by atoms with Crippen LogP contribution in [-0.4, -0.2) is 72.1 Å². The van der Waals surface area contributed by atoms with Gasteiger partial charge in [0.05, 0.1) is 25.0 Å². The van der Waals surface area contributed by atoms with Crippen LogP contribution < -0.4 is 15.4 Å². The number of aromatic nitrogens is 1. The van der Waals surface area contributed by atoms with E-state index >= 15 is 0 Å². The first-order chi connectivity index (χ1) is 12.1. The zero-order valence-corrected chi connectivity index (χ0v) is 14.7. The number of ether oxygens (including phenoxy) is 1. The number of hydrogen-bond donors (Lipinski definition) is 2. The number of methoxy groups -OCH3 is 1. The Kier molecular flexibility index (Phi) is 5.37. The fourth-order valence-corrected chi connectivity index (χ4v) is 2.81. The van der Waals surface area contributed by atoms with Crippen LogP contribution in [-0.2, 0) is 4.79 Å². The maximum Gasteiger partial charge on any atom is 0.321 e. The van der Waals surface area contributed by atoms with E-state index in [-0.39, 0.29) is 18.0 Å². The second kappa shape index (κ2) is 7.69. The predicted octanol–water partition coefficient (Wildman–Crippen LogP) is 0.907. The van der Waals surface area contributed by atoms with Crippen LogP contribution >= 0.6 is 0 Å². The summed E-state index contributed by atoms with van der Waals surface area (Å²) in [7, 11) is 1.55. The minimum Gasteiger partial charge on any atom is -0.481 e. The first kappa shape index (κ1) is 17.5. The molecule has 8 heteroatoms. The van der Waals surface area contributed by atoms with Gasteiger partial charge in [-0.2, -0.15) is 0 Å². The van der Waals surface area contributed by atoms with Crippen LogP contribution in [0, 0.1) is 0 Å². The molecule has 1 atom stereocenters. The summed E-state index contributed by atoms with van der Waals surface area (Å²) in [5, 5.41) is 5.87. The molecular weight excluding hydrogens is 322 g/mol. The summed E-state index contributed by atoms with van der Waals surface area (Å²) in [6.45, 7) is 4.49. The van der Waals surface area contributed by atoms with Gasteiger partial charge < -0.3 is 20.3 Å². The molecule has 1 saturated carbocycles. The molecule has 0 aromatic carbocycles. The molecule has 0 radical (unpaired) electrons. The molecule has 1 aliphatic carbocycles. The van der Waals surface area contributed by atoms with Gasteiger partial charge >= 0.3 is 6.03 Å². The number of hydrogen-bond acceptors (Lipinski definition) is 5. The number of pyridine rings is 1. The van der Waals surface area contributed by atoms with Crippen molar-refractivity contribution in [2.24, 2.45) is 0 Å². The van der Waals surface area contributed by atoms with Gasteiger partial charge in [-0.25, -0.2) is 9.78 Å². The molecule has 3 amide bonds. The van der Waals surface area contributed by atoms with E-state index in [4.69, 9.17) is 4.74 Å². The molecule has 1 saturated heterocycles. The number of carbonyl (C=O) groups is 2. The van der Waals surface area contributed by atoms with Gasteiger partial charge in [0, 0.05) is 38.3 Å². The minimum atomic E-state index is -0.156. The lowest BCUT2D eigenvalue weighted by Gasteiger charge is -2.37. The molecule has 8 nitrogen and oxygen atoms in total. The second-order valence-electron chi connectivity index (χ2n) is 6.50. The number of anilines is 1. The molecule has 2 N–H and O–H groups in total.